The van der Waals surface area contributed by atoms with E-state index in [9.17, 15) is 4.79 Å². The zero-order valence-electron chi connectivity index (χ0n) is 9.36. The van der Waals surface area contributed by atoms with E-state index in [-0.39, 0.29) is 24.4 Å². The van der Waals surface area contributed by atoms with Crippen molar-refractivity contribution in [1.82, 2.24) is 5.32 Å². The van der Waals surface area contributed by atoms with Gasteiger partial charge >= 0.3 is 0 Å². The lowest BCUT2D eigenvalue weighted by Gasteiger charge is -2.29. The minimum absolute atomic E-state index is 0. The van der Waals surface area contributed by atoms with E-state index in [1.54, 1.807) is 6.92 Å². The zero-order valence-corrected chi connectivity index (χ0v) is 11.0. The standard InChI is InChI=1S/C10H20N2OS.ClH/c1-7(11)10(13)12-8-4-3-5-9(6-8)14-2;/h7-9H,3-6,11H2,1-2H3,(H,12,13);1H/t7-,8?,9?;/m1./s1. The first kappa shape index (κ1) is 15.1. The molecule has 1 aliphatic rings. The Hall–Kier alpha value is 0.0700. The number of carbonyl (C=O) groups is 1. The quantitative estimate of drug-likeness (QED) is 0.801. The van der Waals surface area contributed by atoms with Gasteiger partial charge in [0.2, 0.25) is 5.91 Å². The Labute approximate surface area is 102 Å². The normalized spacial score (nSPS) is 27.7. The highest BCUT2D eigenvalue weighted by Gasteiger charge is 2.23. The number of thioether (sulfide) groups is 1. The Morgan fingerprint density at radius 2 is 2.20 bits per heavy atom. The molecular weight excluding hydrogens is 232 g/mol. The van der Waals surface area contributed by atoms with Crippen molar-refractivity contribution in [1.29, 1.82) is 0 Å². The van der Waals surface area contributed by atoms with Crippen LogP contribution < -0.4 is 11.1 Å². The molecule has 90 valence electrons. The highest BCUT2D eigenvalue weighted by atomic mass is 35.5. The van der Waals surface area contributed by atoms with Gasteiger partial charge in [0.05, 0.1) is 6.04 Å². The van der Waals surface area contributed by atoms with Crippen LogP contribution in [0.1, 0.15) is 32.6 Å². The van der Waals surface area contributed by atoms with E-state index in [0.717, 1.165) is 12.8 Å². The van der Waals surface area contributed by atoms with E-state index < -0.39 is 0 Å². The lowest BCUT2D eigenvalue weighted by Crippen LogP contribution is -2.45. The highest BCUT2D eigenvalue weighted by Crippen LogP contribution is 2.26. The smallest absolute Gasteiger partial charge is 0.236 e. The monoisotopic (exact) mass is 252 g/mol. The summed E-state index contributed by atoms with van der Waals surface area (Å²) in [5.41, 5.74) is 5.50. The van der Waals surface area contributed by atoms with Crippen LogP contribution in [0.5, 0.6) is 0 Å². The van der Waals surface area contributed by atoms with Gasteiger partial charge in [0.1, 0.15) is 0 Å². The number of carbonyl (C=O) groups excluding carboxylic acids is 1. The van der Waals surface area contributed by atoms with Crippen molar-refractivity contribution in [2.24, 2.45) is 5.73 Å². The van der Waals surface area contributed by atoms with Gasteiger partial charge in [-0.25, -0.2) is 0 Å². The first-order valence-corrected chi connectivity index (χ1v) is 6.51. The Kier molecular flexibility index (Phi) is 7.40. The summed E-state index contributed by atoms with van der Waals surface area (Å²) >= 11 is 1.90. The fourth-order valence-electron chi connectivity index (χ4n) is 1.82. The first-order chi connectivity index (χ1) is 6.63. The second kappa shape index (κ2) is 7.36. The maximum Gasteiger partial charge on any atom is 0.236 e. The molecule has 1 aliphatic carbocycles. The third kappa shape index (κ3) is 5.09. The van der Waals surface area contributed by atoms with Crippen LogP contribution in [0, 0.1) is 0 Å². The average molecular weight is 253 g/mol. The van der Waals surface area contributed by atoms with Crippen LogP contribution in [0.25, 0.3) is 0 Å². The molecular formula is C10H21ClN2OS. The van der Waals surface area contributed by atoms with Gasteiger partial charge in [-0.15, -0.1) is 12.4 Å². The number of hydrogen-bond acceptors (Lipinski definition) is 3. The topological polar surface area (TPSA) is 55.1 Å². The van der Waals surface area contributed by atoms with Crippen LogP contribution >= 0.6 is 24.2 Å². The molecule has 1 amide bonds. The maximum absolute atomic E-state index is 11.4. The molecule has 0 bridgehead atoms. The first-order valence-electron chi connectivity index (χ1n) is 5.22. The number of amides is 1. The summed E-state index contributed by atoms with van der Waals surface area (Å²) in [4.78, 5) is 11.4. The predicted molar refractivity (Wildman–Crippen MR) is 68.6 cm³/mol. The number of hydrogen-bond donors (Lipinski definition) is 2. The zero-order chi connectivity index (χ0) is 10.6. The largest absolute Gasteiger partial charge is 0.352 e. The molecule has 2 unspecified atom stereocenters. The van der Waals surface area contributed by atoms with E-state index in [1.165, 1.54) is 12.8 Å². The van der Waals surface area contributed by atoms with Gasteiger partial charge in [-0.1, -0.05) is 6.42 Å². The number of halogens is 1. The van der Waals surface area contributed by atoms with Crippen molar-refractivity contribution in [3.63, 3.8) is 0 Å². The molecule has 15 heavy (non-hydrogen) atoms. The van der Waals surface area contributed by atoms with Crippen molar-refractivity contribution in [3.05, 3.63) is 0 Å². The molecule has 1 rings (SSSR count). The molecule has 0 radical (unpaired) electrons. The van der Waals surface area contributed by atoms with Gasteiger partial charge in [0.15, 0.2) is 0 Å². The molecule has 0 spiro atoms. The molecule has 0 aliphatic heterocycles. The fraction of sp³-hybridized carbons (Fsp3) is 0.900. The molecule has 3 atom stereocenters. The summed E-state index contributed by atoms with van der Waals surface area (Å²) in [6.07, 6.45) is 6.84. The van der Waals surface area contributed by atoms with E-state index in [0.29, 0.717) is 11.3 Å². The second-order valence-electron chi connectivity index (χ2n) is 4.02. The van der Waals surface area contributed by atoms with Crippen molar-refractivity contribution in [2.45, 2.75) is 49.9 Å². The lowest BCUT2D eigenvalue weighted by atomic mass is 9.95. The van der Waals surface area contributed by atoms with Crippen molar-refractivity contribution in [3.8, 4) is 0 Å². The number of rotatable bonds is 3. The molecule has 1 fully saturated rings. The van der Waals surface area contributed by atoms with Gasteiger partial charge in [-0.2, -0.15) is 11.8 Å². The third-order valence-electron chi connectivity index (χ3n) is 2.72. The number of nitrogens with one attached hydrogen (secondary N) is 1. The van der Waals surface area contributed by atoms with Crippen LogP contribution in [0.3, 0.4) is 0 Å². The molecule has 1 saturated carbocycles. The van der Waals surface area contributed by atoms with E-state index in [4.69, 9.17) is 5.73 Å². The minimum Gasteiger partial charge on any atom is -0.352 e. The van der Waals surface area contributed by atoms with Crippen molar-refractivity contribution in [2.75, 3.05) is 6.26 Å². The minimum atomic E-state index is -0.385. The molecule has 0 saturated heterocycles. The van der Waals surface area contributed by atoms with Crippen LogP contribution in [-0.2, 0) is 4.79 Å². The van der Waals surface area contributed by atoms with Gasteiger partial charge in [0.25, 0.3) is 0 Å². The van der Waals surface area contributed by atoms with Crippen molar-refractivity contribution < 1.29 is 4.79 Å². The fourth-order valence-corrected chi connectivity index (χ4v) is 2.65. The van der Waals surface area contributed by atoms with E-state index in [2.05, 4.69) is 11.6 Å². The van der Waals surface area contributed by atoms with Crippen LogP contribution in [0.2, 0.25) is 0 Å². The van der Waals surface area contributed by atoms with Gasteiger partial charge < -0.3 is 11.1 Å². The van der Waals surface area contributed by atoms with Crippen LogP contribution in [0.4, 0.5) is 0 Å². The van der Waals surface area contributed by atoms with Gasteiger partial charge in [-0.05, 0) is 32.4 Å². The summed E-state index contributed by atoms with van der Waals surface area (Å²) in [5.74, 6) is -0.0169. The third-order valence-corrected chi connectivity index (χ3v) is 3.81. The maximum atomic E-state index is 11.4. The van der Waals surface area contributed by atoms with Crippen molar-refractivity contribution >= 4 is 30.1 Å². The SMILES string of the molecule is CSC1CCCC(NC(=O)[C@@H](C)N)C1.Cl. The highest BCUT2D eigenvalue weighted by molar-refractivity contribution is 7.99. The Morgan fingerprint density at radius 1 is 1.53 bits per heavy atom. The van der Waals surface area contributed by atoms with E-state index in [1.807, 2.05) is 11.8 Å². The summed E-state index contributed by atoms with van der Waals surface area (Å²) in [5, 5.41) is 3.72. The molecule has 0 aromatic heterocycles. The lowest BCUT2D eigenvalue weighted by molar-refractivity contribution is -0.122. The molecule has 0 aromatic carbocycles. The molecule has 5 heteroatoms. The van der Waals surface area contributed by atoms with Crippen LogP contribution in [0.15, 0.2) is 0 Å². The Balaban J connectivity index is 0.00000196. The summed E-state index contributed by atoms with van der Waals surface area (Å²) in [7, 11) is 0. The molecule has 3 N–H and O–H groups in total. The van der Waals surface area contributed by atoms with Gasteiger partial charge in [-0.3, -0.25) is 4.79 Å². The van der Waals surface area contributed by atoms with Gasteiger partial charge in [0, 0.05) is 11.3 Å². The average Bonchev–Trinajstić information content (AvgIpc) is 2.18. The molecule has 0 aromatic rings. The molecule has 3 nitrogen and oxygen atoms in total. The second-order valence-corrected chi connectivity index (χ2v) is 5.16. The Morgan fingerprint density at radius 3 is 2.73 bits per heavy atom. The van der Waals surface area contributed by atoms with E-state index >= 15 is 0 Å². The van der Waals surface area contributed by atoms with Crippen LogP contribution in [-0.4, -0.2) is 29.5 Å². The molecule has 0 heterocycles. The number of nitrogens with two attached hydrogens (primary N) is 1. The Bertz CT molecular complexity index is 202. The summed E-state index contributed by atoms with van der Waals surface area (Å²) < 4.78 is 0. The summed E-state index contributed by atoms with van der Waals surface area (Å²) in [6.45, 7) is 1.73. The summed E-state index contributed by atoms with van der Waals surface area (Å²) in [6, 6.07) is -0.0376. The predicted octanol–water partition coefficient (Wildman–Crippen LogP) is 1.55.